The minimum atomic E-state index is -3.79. The first-order valence-corrected chi connectivity index (χ1v) is 19.2. The number of hydrogen-bond donors (Lipinski definition) is 0. The Labute approximate surface area is 270 Å². The number of Topliss-reactive ketones (excluding diaryl/α,β-unsaturated/α-hetero) is 1. The van der Waals surface area contributed by atoms with Gasteiger partial charge >= 0.3 is 0 Å². The maximum Gasteiger partial charge on any atom is 0.185 e. The van der Waals surface area contributed by atoms with Crippen LogP contribution in [-0.2, 0) is 14.6 Å². The first-order valence-electron chi connectivity index (χ1n) is 15.7. The summed E-state index contributed by atoms with van der Waals surface area (Å²) in [5.41, 5.74) is 2.99. The van der Waals surface area contributed by atoms with E-state index in [1.807, 2.05) is 26.0 Å². The Hall–Kier alpha value is -3.59. The topological polar surface area (TPSA) is 51.2 Å². The number of rotatable bonds is 10. The van der Waals surface area contributed by atoms with Crippen LogP contribution >= 0.6 is 7.26 Å². The fourth-order valence-electron chi connectivity index (χ4n) is 6.82. The normalized spacial score (nSPS) is 16.5. The quantitative estimate of drug-likeness (QED) is 0.131. The first-order chi connectivity index (χ1) is 21.5. The SMILES string of the molecule is CC1=C(C(C/C(C)=C/C[P+](c2ccccc2)(c2ccccc2)c2ccccc2)S(=O)(=O)c2ccc(C)cc2)C(C)(C)CCC1=O. The molecule has 1 aliphatic carbocycles. The number of sulfone groups is 1. The summed E-state index contributed by atoms with van der Waals surface area (Å²) < 4.78 is 29.0. The second kappa shape index (κ2) is 13.4. The van der Waals surface area contributed by atoms with Crippen LogP contribution in [0.3, 0.4) is 0 Å². The van der Waals surface area contributed by atoms with Gasteiger partial charge in [0.05, 0.1) is 16.3 Å². The number of carbonyl (C=O) groups excluding carboxylic acids is 1. The molecular weight excluding hydrogens is 591 g/mol. The molecule has 4 aromatic carbocycles. The van der Waals surface area contributed by atoms with E-state index in [1.165, 1.54) is 15.9 Å². The van der Waals surface area contributed by atoms with Gasteiger partial charge in [-0.2, -0.15) is 0 Å². The van der Waals surface area contributed by atoms with Crippen molar-refractivity contribution in [3.05, 3.63) is 144 Å². The predicted octanol–water partition coefficient (Wildman–Crippen LogP) is 8.17. The fraction of sp³-hybridized carbons (Fsp3) is 0.275. The van der Waals surface area contributed by atoms with Crippen molar-refractivity contribution in [2.75, 3.05) is 6.16 Å². The van der Waals surface area contributed by atoms with Crippen molar-refractivity contribution in [3.8, 4) is 0 Å². The maximum atomic E-state index is 14.5. The van der Waals surface area contributed by atoms with Gasteiger partial charge < -0.3 is 0 Å². The van der Waals surface area contributed by atoms with E-state index in [1.54, 1.807) is 12.1 Å². The van der Waals surface area contributed by atoms with Crippen LogP contribution in [0.15, 0.2) is 143 Å². The smallest absolute Gasteiger partial charge is 0.185 e. The van der Waals surface area contributed by atoms with E-state index >= 15 is 0 Å². The lowest BCUT2D eigenvalue weighted by atomic mass is 9.70. The summed E-state index contributed by atoms with van der Waals surface area (Å²) in [7, 11) is -5.92. The summed E-state index contributed by atoms with van der Waals surface area (Å²) in [6.45, 7) is 10.0. The third-order valence-electron chi connectivity index (χ3n) is 9.39. The maximum absolute atomic E-state index is 14.5. The Morgan fingerprint density at radius 1 is 0.778 bits per heavy atom. The average Bonchev–Trinajstić information content (AvgIpc) is 3.04. The molecule has 45 heavy (non-hydrogen) atoms. The largest absolute Gasteiger partial charge is 0.295 e. The van der Waals surface area contributed by atoms with Gasteiger partial charge in [0.1, 0.15) is 23.2 Å². The molecule has 0 radical (unpaired) electrons. The van der Waals surface area contributed by atoms with E-state index in [0.29, 0.717) is 29.7 Å². The van der Waals surface area contributed by atoms with Crippen LogP contribution in [0.25, 0.3) is 0 Å². The Morgan fingerprint density at radius 2 is 1.24 bits per heavy atom. The van der Waals surface area contributed by atoms with Crippen LogP contribution < -0.4 is 15.9 Å². The molecule has 1 unspecified atom stereocenters. The van der Waals surface area contributed by atoms with Gasteiger partial charge in [0.25, 0.3) is 0 Å². The molecule has 3 nitrogen and oxygen atoms in total. The summed E-state index contributed by atoms with van der Waals surface area (Å²) in [6, 6.07) is 39.3. The number of aryl methyl sites for hydroxylation is 1. The van der Waals surface area contributed by atoms with Gasteiger partial charge in [-0.3, -0.25) is 4.79 Å². The summed E-state index contributed by atoms with van der Waals surface area (Å²) in [6.07, 6.45) is 4.46. The summed E-state index contributed by atoms with van der Waals surface area (Å²) >= 11 is 0. The molecule has 0 bridgehead atoms. The van der Waals surface area contributed by atoms with Crippen molar-refractivity contribution in [3.63, 3.8) is 0 Å². The summed E-state index contributed by atoms with van der Waals surface area (Å²) in [5.74, 6) is 0.0530. The van der Waals surface area contributed by atoms with Gasteiger partial charge in [-0.1, -0.05) is 91.7 Å². The molecule has 0 N–H and O–H groups in total. The zero-order valence-corrected chi connectivity index (χ0v) is 28.7. The van der Waals surface area contributed by atoms with Crippen LogP contribution in [0, 0.1) is 12.3 Å². The molecule has 0 aromatic heterocycles. The van der Waals surface area contributed by atoms with Gasteiger partial charge in [0, 0.05) is 6.42 Å². The highest BCUT2D eigenvalue weighted by atomic mass is 32.2. The van der Waals surface area contributed by atoms with E-state index in [0.717, 1.165) is 22.9 Å². The molecule has 1 atom stereocenters. The molecule has 0 saturated heterocycles. The third kappa shape index (κ3) is 6.69. The number of carbonyl (C=O) groups is 1. The van der Waals surface area contributed by atoms with Crippen molar-refractivity contribution in [1.82, 2.24) is 0 Å². The van der Waals surface area contributed by atoms with E-state index in [4.69, 9.17) is 0 Å². The van der Waals surface area contributed by atoms with Crippen LogP contribution in [0.4, 0.5) is 0 Å². The lowest BCUT2D eigenvalue weighted by Gasteiger charge is -2.38. The number of ketones is 1. The molecule has 5 heteroatoms. The lowest BCUT2D eigenvalue weighted by Crippen LogP contribution is -2.37. The Kier molecular flexibility index (Phi) is 9.77. The highest BCUT2D eigenvalue weighted by molar-refractivity contribution is 7.95. The van der Waals surface area contributed by atoms with Crippen molar-refractivity contribution in [2.24, 2.45) is 5.41 Å². The Morgan fingerprint density at radius 3 is 1.71 bits per heavy atom. The predicted molar refractivity (Wildman–Crippen MR) is 191 cm³/mol. The van der Waals surface area contributed by atoms with Crippen LogP contribution in [0.2, 0.25) is 0 Å². The molecular formula is C40H44O3PS+. The number of benzene rings is 4. The fourth-order valence-corrected chi connectivity index (χ4v) is 13.1. The first kappa shape index (κ1) is 32.8. The van der Waals surface area contributed by atoms with Gasteiger partial charge in [0.15, 0.2) is 15.6 Å². The van der Waals surface area contributed by atoms with Crippen LogP contribution in [0.1, 0.15) is 52.5 Å². The molecule has 4 aromatic rings. The van der Waals surface area contributed by atoms with E-state index < -0.39 is 27.8 Å². The second-order valence-corrected chi connectivity index (χ2v) is 18.6. The molecule has 0 fully saturated rings. The minimum absolute atomic E-state index is 0.0530. The standard InChI is InChI=1S/C40H44O3PS/c1-30-21-23-36(24-22-30)45(42,43)38(39-32(3)37(41)25-27-40(39,4)5)29-31(2)26-28-44(33-15-9-6-10-16-33,34-17-11-7-12-18-34)35-19-13-8-14-20-35/h6-24,26,38H,25,27-29H2,1-5H3/q+1/b31-26+. The number of allylic oxidation sites excluding steroid dienone is 3. The highest BCUT2D eigenvalue weighted by Gasteiger charge is 2.45. The summed E-state index contributed by atoms with van der Waals surface area (Å²) in [4.78, 5) is 13.4. The van der Waals surface area contributed by atoms with Crippen molar-refractivity contribution in [2.45, 2.75) is 64.0 Å². The average molecular weight is 636 g/mol. The molecule has 0 heterocycles. The second-order valence-electron chi connectivity index (χ2n) is 12.9. The van der Waals surface area contributed by atoms with Gasteiger partial charge in [-0.25, -0.2) is 8.42 Å². The monoisotopic (exact) mass is 635 g/mol. The Balaban J connectivity index is 1.64. The van der Waals surface area contributed by atoms with Gasteiger partial charge in [-0.15, -0.1) is 0 Å². The van der Waals surface area contributed by atoms with Crippen molar-refractivity contribution in [1.29, 1.82) is 0 Å². The van der Waals surface area contributed by atoms with E-state index in [9.17, 15) is 13.2 Å². The molecule has 0 amide bonds. The molecule has 1 aliphatic rings. The Bertz CT molecular complexity index is 1710. The van der Waals surface area contributed by atoms with Crippen LogP contribution in [-0.4, -0.2) is 25.6 Å². The highest BCUT2D eigenvalue weighted by Crippen LogP contribution is 2.55. The van der Waals surface area contributed by atoms with Crippen molar-refractivity contribution >= 4 is 38.8 Å². The van der Waals surface area contributed by atoms with Crippen LogP contribution in [0.5, 0.6) is 0 Å². The summed E-state index contributed by atoms with van der Waals surface area (Å²) in [5, 5.41) is 3.03. The molecule has 0 aliphatic heterocycles. The molecule has 5 rings (SSSR count). The third-order valence-corrected chi connectivity index (χ3v) is 15.7. The van der Waals surface area contributed by atoms with Gasteiger partial charge in [-0.05, 0) is 105 Å². The van der Waals surface area contributed by atoms with Crippen molar-refractivity contribution < 1.29 is 13.2 Å². The van der Waals surface area contributed by atoms with Gasteiger partial charge in [0.2, 0.25) is 0 Å². The zero-order chi connectivity index (χ0) is 32.2. The lowest BCUT2D eigenvalue weighted by molar-refractivity contribution is -0.116. The molecule has 0 spiro atoms. The zero-order valence-electron chi connectivity index (χ0n) is 27.0. The van der Waals surface area contributed by atoms with E-state index in [-0.39, 0.29) is 5.78 Å². The number of hydrogen-bond acceptors (Lipinski definition) is 3. The molecule has 232 valence electrons. The van der Waals surface area contributed by atoms with E-state index in [2.05, 4.69) is 118 Å². The molecule has 0 saturated carbocycles. The minimum Gasteiger partial charge on any atom is -0.295 e.